The van der Waals surface area contributed by atoms with Gasteiger partial charge in [-0.15, -0.1) is 0 Å². The Morgan fingerprint density at radius 3 is 2.92 bits per heavy atom. The van der Waals surface area contributed by atoms with Gasteiger partial charge in [-0.3, -0.25) is 4.79 Å². The monoisotopic (exact) mass is 178 g/mol. The van der Waals surface area contributed by atoms with E-state index in [0.717, 1.165) is 11.3 Å². The normalized spacial score (nSPS) is 9.92. The highest BCUT2D eigenvalue weighted by molar-refractivity contribution is 5.80. The average molecular weight is 178 g/mol. The van der Waals surface area contributed by atoms with E-state index in [0.29, 0.717) is 19.3 Å². The van der Waals surface area contributed by atoms with Gasteiger partial charge < -0.3 is 4.42 Å². The van der Waals surface area contributed by atoms with Crippen LogP contribution in [0.1, 0.15) is 25.5 Å². The van der Waals surface area contributed by atoms with Crippen molar-refractivity contribution in [1.82, 2.24) is 0 Å². The number of hydrogen-bond acceptors (Lipinski definition) is 2. The number of carbonyl (C=O) groups is 1. The summed E-state index contributed by atoms with van der Waals surface area (Å²) in [5, 5.41) is 0. The van der Waals surface area contributed by atoms with E-state index < -0.39 is 0 Å². The minimum atomic E-state index is 0.226. The molecule has 0 aliphatic heterocycles. The van der Waals surface area contributed by atoms with Gasteiger partial charge in [0.1, 0.15) is 11.5 Å². The molecular formula is C11H14O2. The van der Waals surface area contributed by atoms with Crippen molar-refractivity contribution >= 4 is 5.78 Å². The van der Waals surface area contributed by atoms with E-state index in [1.54, 1.807) is 6.26 Å². The van der Waals surface area contributed by atoms with E-state index in [9.17, 15) is 4.79 Å². The molecule has 0 saturated heterocycles. The third kappa shape index (κ3) is 3.74. The van der Waals surface area contributed by atoms with Crippen LogP contribution in [-0.2, 0) is 11.2 Å². The first-order valence-electron chi connectivity index (χ1n) is 4.37. The summed E-state index contributed by atoms with van der Waals surface area (Å²) in [6.07, 6.45) is 3.35. The van der Waals surface area contributed by atoms with E-state index in [4.69, 9.17) is 4.42 Å². The predicted octanol–water partition coefficient (Wildman–Crippen LogP) is 2.75. The summed E-state index contributed by atoms with van der Waals surface area (Å²) >= 11 is 0. The number of carbonyl (C=O) groups excluding carboxylic acids is 1. The fourth-order valence-corrected chi connectivity index (χ4v) is 1.14. The fourth-order valence-electron chi connectivity index (χ4n) is 1.14. The summed E-state index contributed by atoms with van der Waals surface area (Å²) in [6, 6.07) is 3.71. The minimum absolute atomic E-state index is 0.226. The molecule has 0 aliphatic rings. The summed E-state index contributed by atoms with van der Waals surface area (Å²) in [6.45, 7) is 5.56. The molecule has 0 spiro atoms. The Morgan fingerprint density at radius 2 is 2.38 bits per heavy atom. The van der Waals surface area contributed by atoms with E-state index >= 15 is 0 Å². The van der Waals surface area contributed by atoms with Crippen molar-refractivity contribution in [2.45, 2.75) is 26.2 Å². The maximum Gasteiger partial charge on any atom is 0.137 e. The van der Waals surface area contributed by atoms with Crippen LogP contribution in [-0.4, -0.2) is 5.78 Å². The molecule has 0 N–H and O–H groups in total. The molecule has 0 saturated carbocycles. The van der Waals surface area contributed by atoms with E-state index in [2.05, 4.69) is 6.58 Å². The number of aryl methyl sites for hydroxylation is 1. The standard InChI is InChI=1S/C11H14O2/c1-9(2)8-10(12)5-6-11-4-3-7-13-11/h3-4,7H,1,5-6,8H2,2H3. The zero-order chi connectivity index (χ0) is 9.68. The van der Waals surface area contributed by atoms with Crippen LogP contribution in [0.2, 0.25) is 0 Å². The number of furan rings is 1. The lowest BCUT2D eigenvalue weighted by molar-refractivity contribution is -0.118. The second-order valence-electron chi connectivity index (χ2n) is 3.25. The van der Waals surface area contributed by atoms with Crippen molar-refractivity contribution in [3.8, 4) is 0 Å². The van der Waals surface area contributed by atoms with Crippen LogP contribution in [0.3, 0.4) is 0 Å². The van der Waals surface area contributed by atoms with Crippen LogP contribution < -0.4 is 0 Å². The third-order valence-electron chi connectivity index (χ3n) is 1.73. The summed E-state index contributed by atoms with van der Waals surface area (Å²) in [5.41, 5.74) is 0.921. The summed E-state index contributed by atoms with van der Waals surface area (Å²) < 4.78 is 5.11. The summed E-state index contributed by atoms with van der Waals surface area (Å²) in [4.78, 5) is 11.2. The first-order valence-corrected chi connectivity index (χ1v) is 4.37. The number of ketones is 1. The lowest BCUT2D eigenvalue weighted by atomic mass is 10.1. The van der Waals surface area contributed by atoms with Crippen molar-refractivity contribution in [1.29, 1.82) is 0 Å². The molecule has 2 nitrogen and oxygen atoms in total. The molecule has 13 heavy (non-hydrogen) atoms. The first-order chi connectivity index (χ1) is 6.18. The quantitative estimate of drug-likeness (QED) is 0.649. The van der Waals surface area contributed by atoms with Crippen molar-refractivity contribution in [3.63, 3.8) is 0 Å². The topological polar surface area (TPSA) is 30.2 Å². The molecular weight excluding hydrogens is 164 g/mol. The molecule has 1 heterocycles. The summed E-state index contributed by atoms with van der Waals surface area (Å²) in [5.74, 6) is 1.10. The number of hydrogen-bond donors (Lipinski definition) is 0. The van der Waals surface area contributed by atoms with Crippen LogP contribution in [0.25, 0.3) is 0 Å². The summed E-state index contributed by atoms with van der Waals surface area (Å²) in [7, 11) is 0. The van der Waals surface area contributed by atoms with Gasteiger partial charge in [0.2, 0.25) is 0 Å². The van der Waals surface area contributed by atoms with Crippen LogP contribution in [0, 0.1) is 0 Å². The van der Waals surface area contributed by atoms with Crippen LogP contribution in [0.15, 0.2) is 35.0 Å². The molecule has 0 fully saturated rings. The highest BCUT2D eigenvalue weighted by Gasteiger charge is 2.03. The maximum atomic E-state index is 11.2. The van der Waals surface area contributed by atoms with Crippen LogP contribution in [0.5, 0.6) is 0 Å². The molecule has 0 amide bonds. The van der Waals surface area contributed by atoms with Crippen molar-refractivity contribution in [2.24, 2.45) is 0 Å². The highest BCUT2D eigenvalue weighted by Crippen LogP contribution is 2.07. The van der Waals surface area contributed by atoms with Gasteiger partial charge in [-0.2, -0.15) is 0 Å². The van der Waals surface area contributed by atoms with Gasteiger partial charge >= 0.3 is 0 Å². The Labute approximate surface area is 78.3 Å². The van der Waals surface area contributed by atoms with Gasteiger partial charge in [-0.25, -0.2) is 0 Å². The fraction of sp³-hybridized carbons (Fsp3) is 0.364. The molecule has 0 bridgehead atoms. The van der Waals surface area contributed by atoms with E-state index in [1.807, 2.05) is 19.1 Å². The van der Waals surface area contributed by atoms with Crippen molar-refractivity contribution in [3.05, 3.63) is 36.3 Å². The van der Waals surface area contributed by atoms with Gasteiger partial charge in [0.25, 0.3) is 0 Å². The van der Waals surface area contributed by atoms with Crippen molar-refractivity contribution in [2.75, 3.05) is 0 Å². The van der Waals surface area contributed by atoms with Gasteiger partial charge in [0.05, 0.1) is 6.26 Å². The molecule has 2 heteroatoms. The second kappa shape index (κ2) is 4.65. The second-order valence-corrected chi connectivity index (χ2v) is 3.25. The van der Waals surface area contributed by atoms with Crippen LogP contribution in [0.4, 0.5) is 0 Å². The Bertz CT molecular complexity index is 283. The zero-order valence-corrected chi connectivity index (χ0v) is 7.88. The molecule has 1 aromatic heterocycles. The minimum Gasteiger partial charge on any atom is -0.469 e. The van der Waals surface area contributed by atoms with Gasteiger partial charge in [0.15, 0.2) is 0 Å². The smallest absolute Gasteiger partial charge is 0.137 e. The lowest BCUT2D eigenvalue weighted by Crippen LogP contribution is -1.99. The number of allylic oxidation sites excluding steroid dienone is 1. The van der Waals surface area contributed by atoms with Crippen LogP contribution >= 0.6 is 0 Å². The Morgan fingerprint density at radius 1 is 1.62 bits per heavy atom. The van der Waals surface area contributed by atoms with Gasteiger partial charge in [-0.05, 0) is 19.1 Å². The molecule has 70 valence electrons. The highest BCUT2D eigenvalue weighted by atomic mass is 16.3. The Hall–Kier alpha value is -1.31. The average Bonchev–Trinajstić information content (AvgIpc) is 2.51. The molecule has 1 rings (SSSR count). The molecule has 0 radical (unpaired) electrons. The zero-order valence-electron chi connectivity index (χ0n) is 7.88. The van der Waals surface area contributed by atoms with Gasteiger partial charge in [0, 0.05) is 19.3 Å². The predicted molar refractivity (Wildman–Crippen MR) is 51.5 cm³/mol. The third-order valence-corrected chi connectivity index (χ3v) is 1.73. The Kier molecular flexibility index (Phi) is 3.50. The molecule has 0 aliphatic carbocycles. The number of Topliss-reactive ketones (excluding diaryl/α,β-unsaturated/α-hetero) is 1. The molecule has 0 aromatic carbocycles. The molecule has 0 atom stereocenters. The largest absolute Gasteiger partial charge is 0.469 e. The van der Waals surface area contributed by atoms with E-state index in [1.165, 1.54) is 0 Å². The van der Waals surface area contributed by atoms with Crippen molar-refractivity contribution < 1.29 is 9.21 Å². The van der Waals surface area contributed by atoms with E-state index in [-0.39, 0.29) is 5.78 Å². The van der Waals surface area contributed by atoms with Gasteiger partial charge in [-0.1, -0.05) is 12.2 Å². The lowest BCUT2D eigenvalue weighted by Gasteiger charge is -1.97. The maximum absolute atomic E-state index is 11.2. The number of rotatable bonds is 5. The SMILES string of the molecule is C=C(C)CC(=O)CCc1ccco1. The Balaban J connectivity index is 2.27. The molecule has 1 aromatic rings. The molecule has 0 unspecified atom stereocenters. The first kappa shape index (κ1) is 9.78.